The first-order valence-corrected chi connectivity index (χ1v) is 9.29. The molecule has 1 amide bonds. The fraction of sp³-hybridized carbons (Fsp3) is 0.474. The van der Waals surface area contributed by atoms with Crippen LogP contribution in [0.1, 0.15) is 55.0 Å². The predicted molar refractivity (Wildman–Crippen MR) is 96.3 cm³/mol. The lowest BCUT2D eigenvalue weighted by Gasteiger charge is -2.17. The van der Waals surface area contributed by atoms with Crippen molar-refractivity contribution in [2.75, 3.05) is 7.05 Å². The molecule has 0 saturated heterocycles. The van der Waals surface area contributed by atoms with Crippen molar-refractivity contribution < 1.29 is 9.21 Å². The first-order valence-electron chi connectivity index (χ1n) is 8.41. The topological polar surface area (TPSA) is 46.3 Å². The van der Waals surface area contributed by atoms with E-state index in [0.29, 0.717) is 23.3 Å². The second-order valence-corrected chi connectivity index (χ2v) is 8.37. The number of nitrogens with zero attached hydrogens (tertiary/aromatic N) is 2. The Hall–Kier alpha value is -1.75. The van der Waals surface area contributed by atoms with Crippen molar-refractivity contribution >= 4 is 17.7 Å². The highest BCUT2D eigenvalue weighted by molar-refractivity contribution is 7.99. The van der Waals surface area contributed by atoms with E-state index < -0.39 is 0 Å². The van der Waals surface area contributed by atoms with Crippen LogP contribution in [0.3, 0.4) is 0 Å². The summed E-state index contributed by atoms with van der Waals surface area (Å²) in [7, 11) is 1.81. The Labute approximate surface area is 147 Å². The van der Waals surface area contributed by atoms with E-state index in [1.807, 2.05) is 24.3 Å². The fourth-order valence-corrected chi connectivity index (χ4v) is 3.63. The molecule has 1 fully saturated rings. The Kier molecular flexibility index (Phi) is 4.99. The number of hydrogen-bond donors (Lipinski definition) is 0. The molecular weight excluding hydrogens is 320 g/mol. The molecule has 1 aliphatic carbocycles. The van der Waals surface area contributed by atoms with E-state index in [0.717, 1.165) is 22.5 Å². The number of furan rings is 1. The standard InChI is InChI=1S/C19H24N2O2S/c1-12(2)24-18-15(6-5-9-20-18)19(22)21(4)11-14-7-8-17(23-14)16-10-13(16)3/h5-9,12-13,16H,10-11H2,1-4H3/t13-,16+/m0/s1. The molecule has 2 aromatic heterocycles. The van der Waals surface area contributed by atoms with E-state index in [4.69, 9.17) is 4.42 Å². The SMILES string of the molecule is CC(C)Sc1ncccc1C(=O)N(C)Cc1ccc([C@@H]2C[C@@H]2C)o1. The lowest BCUT2D eigenvalue weighted by atomic mass is 10.2. The molecule has 0 spiro atoms. The molecular formula is C19H24N2O2S. The number of rotatable bonds is 6. The van der Waals surface area contributed by atoms with Gasteiger partial charge in [-0.3, -0.25) is 4.79 Å². The van der Waals surface area contributed by atoms with Gasteiger partial charge in [0.05, 0.1) is 12.1 Å². The Morgan fingerprint density at radius 1 is 1.42 bits per heavy atom. The molecule has 0 unspecified atom stereocenters. The molecule has 5 heteroatoms. The van der Waals surface area contributed by atoms with Crippen LogP contribution >= 0.6 is 11.8 Å². The molecule has 0 radical (unpaired) electrons. The van der Waals surface area contributed by atoms with Crippen LogP contribution in [0.25, 0.3) is 0 Å². The summed E-state index contributed by atoms with van der Waals surface area (Å²) >= 11 is 1.61. The lowest BCUT2D eigenvalue weighted by Crippen LogP contribution is -2.26. The molecule has 2 heterocycles. The third-order valence-corrected chi connectivity index (χ3v) is 5.27. The molecule has 128 valence electrons. The second-order valence-electron chi connectivity index (χ2n) is 6.81. The van der Waals surface area contributed by atoms with Gasteiger partial charge in [-0.25, -0.2) is 4.98 Å². The van der Waals surface area contributed by atoms with E-state index in [1.54, 1.807) is 29.9 Å². The van der Waals surface area contributed by atoms with Crippen molar-refractivity contribution in [3.8, 4) is 0 Å². The molecule has 2 aromatic rings. The summed E-state index contributed by atoms with van der Waals surface area (Å²) in [5, 5.41) is 1.17. The van der Waals surface area contributed by atoms with Crippen LogP contribution in [-0.4, -0.2) is 28.1 Å². The van der Waals surface area contributed by atoms with Crippen LogP contribution in [0, 0.1) is 5.92 Å². The third kappa shape index (κ3) is 3.83. The smallest absolute Gasteiger partial charge is 0.256 e. The normalized spacial score (nSPS) is 19.5. The largest absolute Gasteiger partial charge is 0.464 e. The zero-order chi connectivity index (χ0) is 17.3. The molecule has 0 bridgehead atoms. The van der Waals surface area contributed by atoms with E-state index >= 15 is 0 Å². The average Bonchev–Trinajstić information content (AvgIpc) is 3.08. The summed E-state index contributed by atoms with van der Waals surface area (Å²) < 4.78 is 5.91. The number of hydrogen-bond acceptors (Lipinski definition) is 4. The molecule has 0 aromatic carbocycles. The highest BCUT2D eigenvalue weighted by atomic mass is 32.2. The first kappa shape index (κ1) is 17.1. The third-order valence-electron chi connectivity index (χ3n) is 4.25. The van der Waals surface area contributed by atoms with Gasteiger partial charge in [-0.2, -0.15) is 0 Å². The molecule has 1 saturated carbocycles. The van der Waals surface area contributed by atoms with E-state index in [9.17, 15) is 4.79 Å². The van der Waals surface area contributed by atoms with E-state index in [1.165, 1.54) is 6.42 Å². The van der Waals surface area contributed by atoms with Crippen LogP contribution in [0.2, 0.25) is 0 Å². The molecule has 2 atom stereocenters. The van der Waals surface area contributed by atoms with Gasteiger partial charge in [0.2, 0.25) is 0 Å². The summed E-state index contributed by atoms with van der Waals surface area (Å²) in [6, 6.07) is 7.68. The zero-order valence-electron chi connectivity index (χ0n) is 14.7. The van der Waals surface area contributed by atoms with Crippen molar-refractivity contribution in [1.29, 1.82) is 0 Å². The lowest BCUT2D eigenvalue weighted by molar-refractivity contribution is 0.0770. The van der Waals surface area contributed by atoms with Crippen LogP contribution in [0.4, 0.5) is 0 Å². The number of carbonyl (C=O) groups is 1. The van der Waals surface area contributed by atoms with Crippen molar-refractivity contribution in [3.63, 3.8) is 0 Å². The van der Waals surface area contributed by atoms with Gasteiger partial charge in [-0.15, -0.1) is 11.8 Å². The van der Waals surface area contributed by atoms with E-state index in [2.05, 4.69) is 25.8 Å². The van der Waals surface area contributed by atoms with E-state index in [-0.39, 0.29) is 5.91 Å². The number of thioether (sulfide) groups is 1. The number of amides is 1. The Morgan fingerprint density at radius 2 is 2.17 bits per heavy atom. The highest BCUT2D eigenvalue weighted by Crippen LogP contribution is 2.47. The van der Waals surface area contributed by atoms with Crippen molar-refractivity contribution in [2.24, 2.45) is 5.92 Å². The Balaban J connectivity index is 1.69. The number of carbonyl (C=O) groups excluding carboxylic acids is 1. The minimum Gasteiger partial charge on any atom is -0.464 e. The molecule has 24 heavy (non-hydrogen) atoms. The zero-order valence-corrected chi connectivity index (χ0v) is 15.5. The summed E-state index contributed by atoms with van der Waals surface area (Å²) in [5.41, 5.74) is 0.654. The van der Waals surface area contributed by atoms with Crippen molar-refractivity contribution in [3.05, 3.63) is 47.5 Å². The Morgan fingerprint density at radius 3 is 2.83 bits per heavy atom. The van der Waals surface area contributed by atoms with Crippen LogP contribution in [-0.2, 0) is 6.54 Å². The highest BCUT2D eigenvalue weighted by Gasteiger charge is 2.36. The van der Waals surface area contributed by atoms with Gasteiger partial charge in [-0.05, 0) is 36.6 Å². The summed E-state index contributed by atoms with van der Waals surface area (Å²) in [6.45, 7) is 6.90. The monoisotopic (exact) mass is 344 g/mol. The van der Waals surface area contributed by atoms with Crippen molar-refractivity contribution in [1.82, 2.24) is 9.88 Å². The van der Waals surface area contributed by atoms with Crippen molar-refractivity contribution in [2.45, 2.75) is 49.9 Å². The van der Waals surface area contributed by atoms with Gasteiger partial charge in [0.1, 0.15) is 16.5 Å². The van der Waals surface area contributed by atoms with Gasteiger partial charge in [-0.1, -0.05) is 20.8 Å². The fourth-order valence-electron chi connectivity index (χ4n) is 2.78. The quantitative estimate of drug-likeness (QED) is 0.720. The maximum absolute atomic E-state index is 12.8. The maximum atomic E-state index is 12.8. The van der Waals surface area contributed by atoms with Crippen LogP contribution in [0.15, 0.2) is 39.9 Å². The molecule has 0 N–H and O–H groups in total. The second kappa shape index (κ2) is 7.01. The summed E-state index contributed by atoms with van der Waals surface area (Å²) in [6.07, 6.45) is 2.93. The number of aromatic nitrogens is 1. The molecule has 1 aliphatic rings. The summed E-state index contributed by atoms with van der Waals surface area (Å²) in [5.74, 6) is 3.14. The number of pyridine rings is 1. The Bertz CT molecular complexity index is 726. The minimum atomic E-state index is -0.0241. The average molecular weight is 344 g/mol. The minimum absolute atomic E-state index is 0.0241. The van der Waals surface area contributed by atoms with Gasteiger partial charge >= 0.3 is 0 Å². The molecule has 0 aliphatic heterocycles. The first-order chi connectivity index (χ1) is 11.5. The predicted octanol–water partition coefficient (Wildman–Crippen LogP) is 4.57. The van der Waals surface area contributed by atoms with Gasteiger partial charge in [0.25, 0.3) is 5.91 Å². The van der Waals surface area contributed by atoms with Crippen LogP contribution < -0.4 is 0 Å². The summed E-state index contributed by atoms with van der Waals surface area (Å²) in [4.78, 5) is 18.8. The maximum Gasteiger partial charge on any atom is 0.256 e. The molecule has 3 rings (SSSR count). The van der Waals surface area contributed by atoms with Gasteiger partial charge in [0.15, 0.2) is 0 Å². The van der Waals surface area contributed by atoms with Gasteiger partial charge < -0.3 is 9.32 Å². The molecule has 4 nitrogen and oxygen atoms in total. The van der Waals surface area contributed by atoms with Crippen LogP contribution in [0.5, 0.6) is 0 Å². The van der Waals surface area contributed by atoms with Gasteiger partial charge in [0, 0.05) is 24.4 Å².